The minimum Gasteiger partial charge on any atom is -0.496 e. The van der Waals surface area contributed by atoms with Crippen LogP contribution in [0.25, 0.3) is 22.4 Å². The zero-order valence-corrected chi connectivity index (χ0v) is 13.2. The van der Waals surface area contributed by atoms with Gasteiger partial charge in [0.1, 0.15) is 5.75 Å². The number of benzene rings is 3. The van der Waals surface area contributed by atoms with Gasteiger partial charge in [-0.05, 0) is 40.6 Å². The molecule has 24 heavy (non-hydrogen) atoms. The molecule has 3 aromatic carbocycles. The lowest BCUT2D eigenvalue weighted by atomic mass is 9.98. The number of hydrogen-bond acceptors (Lipinski definition) is 3. The van der Waals surface area contributed by atoms with E-state index in [-0.39, 0.29) is 0 Å². The van der Waals surface area contributed by atoms with Crippen molar-refractivity contribution in [3.8, 4) is 17.9 Å². The highest BCUT2D eigenvalue weighted by atomic mass is 16.5. The molecule has 3 nitrogen and oxygen atoms in total. The average molecular weight is 310 g/mol. The van der Waals surface area contributed by atoms with E-state index in [9.17, 15) is 5.26 Å². The molecule has 3 rings (SSSR count). The Labute approximate surface area is 140 Å². The summed E-state index contributed by atoms with van der Waals surface area (Å²) in [5.41, 5.74) is 2.58. The van der Waals surface area contributed by atoms with Crippen LogP contribution in [0.5, 0.6) is 5.75 Å². The lowest BCUT2D eigenvalue weighted by Gasteiger charge is -2.10. The first kappa shape index (κ1) is 15.3. The van der Waals surface area contributed by atoms with E-state index in [1.807, 2.05) is 48.5 Å². The Balaban J connectivity index is 2.24. The summed E-state index contributed by atoms with van der Waals surface area (Å²) in [5.74, 6) is 0.706. The molecule has 0 aliphatic rings. The van der Waals surface area contributed by atoms with Gasteiger partial charge in [0.25, 0.3) is 0 Å². The van der Waals surface area contributed by atoms with Crippen molar-refractivity contribution in [2.24, 2.45) is 0 Å². The van der Waals surface area contributed by atoms with Crippen molar-refractivity contribution in [1.29, 1.82) is 10.5 Å². The number of hydrogen-bond donors (Lipinski definition) is 0. The smallest absolute Gasteiger partial charge is 0.126 e. The van der Waals surface area contributed by atoms with Crippen LogP contribution in [0.1, 0.15) is 16.7 Å². The van der Waals surface area contributed by atoms with Gasteiger partial charge in [0.05, 0.1) is 30.4 Å². The third-order valence-corrected chi connectivity index (χ3v) is 3.86. The van der Waals surface area contributed by atoms with Gasteiger partial charge in [0, 0.05) is 5.56 Å². The number of nitriles is 2. The molecule has 0 bridgehead atoms. The normalized spacial score (nSPS) is 10.9. The summed E-state index contributed by atoms with van der Waals surface area (Å²) in [6, 6.07) is 23.2. The van der Waals surface area contributed by atoms with Gasteiger partial charge in [-0.25, -0.2) is 0 Å². The lowest BCUT2D eigenvalue weighted by Crippen LogP contribution is -1.90. The fraction of sp³-hybridized carbons (Fsp3) is 0.0476. The van der Waals surface area contributed by atoms with Crippen molar-refractivity contribution in [3.63, 3.8) is 0 Å². The van der Waals surface area contributed by atoms with Crippen LogP contribution in [-0.4, -0.2) is 7.11 Å². The summed E-state index contributed by atoms with van der Waals surface area (Å²) in [5, 5.41) is 20.7. The van der Waals surface area contributed by atoms with Gasteiger partial charge in [-0.15, -0.1) is 0 Å². The zero-order chi connectivity index (χ0) is 16.9. The van der Waals surface area contributed by atoms with Gasteiger partial charge >= 0.3 is 0 Å². The van der Waals surface area contributed by atoms with Gasteiger partial charge in [0.15, 0.2) is 0 Å². The minimum absolute atomic E-state index is 0.488. The first-order valence-corrected chi connectivity index (χ1v) is 7.45. The Morgan fingerprint density at radius 1 is 1.00 bits per heavy atom. The Morgan fingerprint density at radius 3 is 2.58 bits per heavy atom. The first-order chi connectivity index (χ1) is 11.8. The predicted octanol–water partition coefficient (Wildman–Crippen LogP) is 4.78. The summed E-state index contributed by atoms with van der Waals surface area (Å²) in [6.45, 7) is 0. The highest BCUT2D eigenvalue weighted by Gasteiger charge is 2.09. The van der Waals surface area contributed by atoms with Crippen LogP contribution in [0.4, 0.5) is 0 Å². The van der Waals surface area contributed by atoms with E-state index in [0.717, 1.165) is 16.3 Å². The van der Waals surface area contributed by atoms with Crippen LogP contribution in [0.2, 0.25) is 0 Å². The maximum absolute atomic E-state index is 9.60. The van der Waals surface area contributed by atoms with E-state index in [2.05, 4.69) is 12.1 Å². The Kier molecular flexibility index (Phi) is 4.27. The van der Waals surface area contributed by atoms with Crippen molar-refractivity contribution in [3.05, 3.63) is 77.4 Å². The van der Waals surface area contributed by atoms with Crippen LogP contribution >= 0.6 is 0 Å². The fourth-order valence-electron chi connectivity index (χ4n) is 2.68. The molecule has 0 aromatic heterocycles. The SMILES string of the molecule is COc1ccc2ccccc2c1/C=C(\C#N)c1cccc(C#N)c1. The monoisotopic (exact) mass is 310 g/mol. The summed E-state index contributed by atoms with van der Waals surface area (Å²) >= 11 is 0. The molecule has 3 aromatic rings. The van der Waals surface area contributed by atoms with Crippen LogP contribution in [0.3, 0.4) is 0 Å². The molecule has 0 saturated carbocycles. The van der Waals surface area contributed by atoms with E-state index in [4.69, 9.17) is 10.00 Å². The van der Waals surface area contributed by atoms with Gasteiger partial charge in [-0.3, -0.25) is 0 Å². The highest BCUT2D eigenvalue weighted by molar-refractivity contribution is 6.00. The first-order valence-electron chi connectivity index (χ1n) is 7.45. The fourth-order valence-corrected chi connectivity index (χ4v) is 2.68. The molecular formula is C21H14N2O. The molecule has 0 fully saturated rings. The van der Waals surface area contributed by atoms with E-state index in [1.165, 1.54) is 0 Å². The summed E-state index contributed by atoms with van der Waals surface area (Å²) < 4.78 is 5.47. The average Bonchev–Trinajstić information content (AvgIpc) is 2.65. The lowest BCUT2D eigenvalue weighted by molar-refractivity contribution is 0.414. The molecule has 3 heteroatoms. The molecule has 0 aliphatic heterocycles. The molecular weight excluding hydrogens is 296 g/mol. The third kappa shape index (κ3) is 2.84. The van der Waals surface area contributed by atoms with E-state index in [1.54, 1.807) is 25.3 Å². The maximum atomic E-state index is 9.60. The molecule has 0 spiro atoms. The molecule has 0 aliphatic carbocycles. The number of fused-ring (bicyclic) bond motifs is 1. The number of nitrogens with zero attached hydrogens (tertiary/aromatic N) is 2. The number of ether oxygens (including phenoxy) is 1. The van der Waals surface area contributed by atoms with Gasteiger partial charge < -0.3 is 4.74 Å². The Bertz CT molecular complexity index is 1020. The Morgan fingerprint density at radius 2 is 1.83 bits per heavy atom. The van der Waals surface area contributed by atoms with Crippen molar-refractivity contribution >= 4 is 22.4 Å². The third-order valence-electron chi connectivity index (χ3n) is 3.86. The second-order valence-corrected chi connectivity index (χ2v) is 5.27. The molecule has 0 atom stereocenters. The minimum atomic E-state index is 0.488. The summed E-state index contributed by atoms with van der Waals surface area (Å²) in [6.07, 6.45) is 1.82. The molecule has 0 amide bonds. The van der Waals surface area contributed by atoms with Crippen LogP contribution in [0.15, 0.2) is 60.7 Å². The van der Waals surface area contributed by atoms with Crippen LogP contribution < -0.4 is 4.74 Å². The van der Waals surface area contributed by atoms with Crippen LogP contribution in [-0.2, 0) is 0 Å². The molecule has 0 radical (unpaired) electrons. The molecule has 0 heterocycles. The second kappa shape index (κ2) is 6.69. The van der Waals surface area contributed by atoms with Crippen molar-refractivity contribution < 1.29 is 4.74 Å². The largest absolute Gasteiger partial charge is 0.496 e. The topological polar surface area (TPSA) is 56.8 Å². The van der Waals surface area contributed by atoms with Gasteiger partial charge in [-0.2, -0.15) is 10.5 Å². The van der Waals surface area contributed by atoms with Crippen molar-refractivity contribution in [2.45, 2.75) is 0 Å². The zero-order valence-electron chi connectivity index (χ0n) is 13.2. The Hall–Kier alpha value is -3.56. The number of methoxy groups -OCH3 is 1. The van der Waals surface area contributed by atoms with Crippen molar-refractivity contribution in [2.75, 3.05) is 7.11 Å². The van der Waals surface area contributed by atoms with Crippen molar-refractivity contribution in [1.82, 2.24) is 0 Å². The number of rotatable bonds is 3. The summed E-state index contributed by atoms with van der Waals surface area (Å²) in [7, 11) is 1.61. The molecule has 114 valence electrons. The van der Waals surface area contributed by atoms with Gasteiger partial charge in [0.2, 0.25) is 0 Å². The van der Waals surface area contributed by atoms with E-state index >= 15 is 0 Å². The molecule has 0 saturated heterocycles. The number of allylic oxidation sites excluding steroid dienone is 1. The maximum Gasteiger partial charge on any atom is 0.126 e. The second-order valence-electron chi connectivity index (χ2n) is 5.27. The quantitative estimate of drug-likeness (QED) is 0.516. The van der Waals surface area contributed by atoms with E-state index in [0.29, 0.717) is 22.4 Å². The van der Waals surface area contributed by atoms with Crippen LogP contribution in [0, 0.1) is 22.7 Å². The predicted molar refractivity (Wildman–Crippen MR) is 95.1 cm³/mol. The van der Waals surface area contributed by atoms with E-state index < -0.39 is 0 Å². The highest BCUT2D eigenvalue weighted by Crippen LogP contribution is 2.31. The molecule has 0 N–H and O–H groups in total. The summed E-state index contributed by atoms with van der Waals surface area (Å²) in [4.78, 5) is 0. The van der Waals surface area contributed by atoms with Gasteiger partial charge in [-0.1, -0.05) is 42.5 Å². The molecule has 0 unspecified atom stereocenters. The standard InChI is InChI=1S/C21H14N2O/c1-24-21-10-9-16-6-2-3-8-19(16)20(21)12-18(14-23)17-7-4-5-15(11-17)13-22/h2-12H,1H3/b18-12+.